The number of amides is 1. The highest BCUT2D eigenvalue weighted by atomic mass is 16.3. The molecule has 0 aromatic carbocycles. The Morgan fingerprint density at radius 1 is 1.40 bits per heavy atom. The lowest BCUT2D eigenvalue weighted by atomic mass is 10.0. The van der Waals surface area contributed by atoms with Gasteiger partial charge >= 0.3 is 0 Å². The lowest BCUT2D eigenvalue weighted by Gasteiger charge is -2.24. The molecule has 0 radical (unpaired) electrons. The monoisotopic (exact) mass is 216 g/mol. The molecule has 0 saturated heterocycles. The summed E-state index contributed by atoms with van der Waals surface area (Å²) in [5.41, 5.74) is -0.586. The first-order valence-electron chi connectivity index (χ1n) is 5.45. The molecule has 4 heteroatoms. The Morgan fingerprint density at radius 2 is 1.93 bits per heavy atom. The van der Waals surface area contributed by atoms with Gasteiger partial charge in [0.15, 0.2) is 0 Å². The molecule has 0 bridgehead atoms. The summed E-state index contributed by atoms with van der Waals surface area (Å²) in [7, 11) is 1.74. The number of aliphatic hydroxyl groups is 1. The molecule has 0 aromatic heterocycles. The summed E-state index contributed by atoms with van der Waals surface area (Å²) in [5.74, 6) is 0.349. The molecule has 0 aliphatic heterocycles. The van der Waals surface area contributed by atoms with Crippen LogP contribution in [0.5, 0.6) is 0 Å². The van der Waals surface area contributed by atoms with E-state index in [2.05, 4.69) is 10.6 Å². The predicted octanol–water partition coefficient (Wildman–Crippen LogP) is 0.508. The lowest BCUT2D eigenvalue weighted by molar-refractivity contribution is -0.126. The third-order valence-electron chi connectivity index (χ3n) is 2.43. The highest BCUT2D eigenvalue weighted by Gasteiger charge is 2.25. The van der Waals surface area contributed by atoms with E-state index in [1.165, 1.54) is 0 Å². The Morgan fingerprint density at radius 3 is 2.33 bits per heavy atom. The SMILES string of the molecule is CNC(C)(C)C(=O)NCC(O)CC(C)C. The van der Waals surface area contributed by atoms with Gasteiger partial charge in [0.25, 0.3) is 0 Å². The van der Waals surface area contributed by atoms with E-state index in [1.807, 2.05) is 13.8 Å². The number of carbonyl (C=O) groups excluding carboxylic acids is 1. The molecule has 0 spiro atoms. The van der Waals surface area contributed by atoms with Crippen LogP contribution in [0.15, 0.2) is 0 Å². The molecule has 90 valence electrons. The van der Waals surface area contributed by atoms with Crippen LogP contribution < -0.4 is 10.6 Å². The number of hydrogen-bond acceptors (Lipinski definition) is 3. The highest BCUT2D eigenvalue weighted by molar-refractivity contribution is 5.85. The average molecular weight is 216 g/mol. The molecule has 0 aromatic rings. The van der Waals surface area contributed by atoms with Crippen LogP contribution in [0.3, 0.4) is 0 Å². The number of likely N-dealkylation sites (N-methyl/N-ethyl adjacent to an activating group) is 1. The number of aliphatic hydroxyl groups excluding tert-OH is 1. The van der Waals surface area contributed by atoms with Gasteiger partial charge in [-0.3, -0.25) is 4.79 Å². The summed E-state index contributed by atoms with van der Waals surface area (Å²) in [4.78, 5) is 11.6. The van der Waals surface area contributed by atoms with Gasteiger partial charge < -0.3 is 15.7 Å². The van der Waals surface area contributed by atoms with Gasteiger partial charge in [-0.2, -0.15) is 0 Å². The van der Waals surface area contributed by atoms with Gasteiger partial charge in [0, 0.05) is 6.54 Å². The van der Waals surface area contributed by atoms with Crippen molar-refractivity contribution in [1.29, 1.82) is 0 Å². The van der Waals surface area contributed by atoms with Crippen LogP contribution in [0.25, 0.3) is 0 Å². The van der Waals surface area contributed by atoms with Crippen LogP contribution in [0.1, 0.15) is 34.1 Å². The predicted molar refractivity (Wildman–Crippen MR) is 61.6 cm³/mol. The molecule has 3 N–H and O–H groups in total. The smallest absolute Gasteiger partial charge is 0.239 e. The van der Waals surface area contributed by atoms with Gasteiger partial charge in [0.05, 0.1) is 11.6 Å². The zero-order valence-electron chi connectivity index (χ0n) is 10.4. The van der Waals surface area contributed by atoms with Crippen LogP contribution in [-0.2, 0) is 4.79 Å². The normalized spacial score (nSPS) is 14.1. The molecular weight excluding hydrogens is 192 g/mol. The standard InChI is InChI=1S/C11H24N2O2/c1-8(2)6-9(14)7-13-10(15)11(3,4)12-5/h8-9,12,14H,6-7H2,1-5H3,(H,13,15). The molecule has 1 amide bonds. The van der Waals surface area contributed by atoms with E-state index >= 15 is 0 Å². The van der Waals surface area contributed by atoms with Gasteiger partial charge in [-0.15, -0.1) is 0 Å². The van der Waals surface area contributed by atoms with E-state index in [0.717, 1.165) is 0 Å². The van der Waals surface area contributed by atoms with Crippen molar-refractivity contribution >= 4 is 5.91 Å². The van der Waals surface area contributed by atoms with Crippen molar-refractivity contribution in [1.82, 2.24) is 10.6 Å². The van der Waals surface area contributed by atoms with Gasteiger partial charge in [-0.25, -0.2) is 0 Å². The summed E-state index contributed by atoms with van der Waals surface area (Å²) in [5, 5.41) is 15.2. The van der Waals surface area contributed by atoms with Gasteiger partial charge in [0.2, 0.25) is 5.91 Å². The van der Waals surface area contributed by atoms with Crippen LogP contribution >= 0.6 is 0 Å². The largest absolute Gasteiger partial charge is 0.391 e. The van der Waals surface area contributed by atoms with E-state index in [-0.39, 0.29) is 5.91 Å². The van der Waals surface area contributed by atoms with Gasteiger partial charge in [-0.05, 0) is 33.2 Å². The number of rotatable bonds is 6. The molecule has 1 unspecified atom stereocenters. The number of nitrogens with one attached hydrogen (secondary N) is 2. The van der Waals surface area contributed by atoms with E-state index in [9.17, 15) is 9.90 Å². The van der Waals surface area contributed by atoms with E-state index in [4.69, 9.17) is 0 Å². The lowest BCUT2D eigenvalue weighted by Crippen LogP contribution is -2.52. The maximum atomic E-state index is 11.6. The molecule has 0 aliphatic rings. The summed E-state index contributed by atoms with van der Waals surface area (Å²) in [6, 6.07) is 0. The van der Waals surface area contributed by atoms with Crippen molar-refractivity contribution in [3.63, 3.8) is 0 Å². The number of hydrogen-bond donors (Lipinski definition) is 3. The minimum Gasteiger partial charge on any atom is -0.391 e. The first-order valence-corrected chi connectivity index (χ1v) is 5.45. The molecule has 0 aliphatic carbocycles. The third-order valence-corrected chi connectivity index (χ3v) is 2.43. The maximum Gasteiger partial charge on any atom is 0.239 e. The van der Waals surface area contributed by atoms with Gasteiger partial charge in [0.1, 0.15) is 0 Å². The second-order valence-corrected chi connectivity index (χ2v) is 4.87. The van der Waals surface area contributed by atoms with E-state index in [0.29, 0.717) is 18.9 Å². The van der Waals surface area contributed by atoms with Crippen molar-refractivity contribution in [2.75, 3.05) is 13.6 Å². The highest BCUT2D eigenvalue weighted by Crippen LogP contribution is 2.04. The minimum atomic E-state index is -0.586. The van der Waals surface area contributed by atoms with E-state index < -0.39 is 11.6 Å². The van der Waals surface area contributed by atoms with Crippen molar-refractivity contribution in [3.8, 4) is 0 Å². The van der Waals surface area contributed by atoms with E-state index in [1.54, 1.807) is 20.9 Å². The Kier molecular flexibility index (Phi) is 5.83. The quantitative estimate of drug-likeness (QED) is 0.606. The Bertz CT molecular complexity index is 203. The summed E-state index contributed by atoms with van der Waals surface area (Å²) in [6.07, 6.45) is 0.252. The van der Waals surface area contributed by atoms with Gasteiger partial charge in [-0.1, -0.05) is 13.8 Å². The van der Waals surface area contributed by atoms with Crippen LogP contribution in [0, 0.1) is 5.92 Å². The van der Waals surface area contributed by atoms with Crippen molar-refractivity contribution in [3.05, 3.63) is 0 Å². The second-order valence-electron chi connectivity index (χ2n) is 4.87. The fraction of sp³-hybridized carbons (Fsp3) is 0.909. The van der Waals surface area contributed by atoms with Crippen molar-refractivity contribution in [2.24, 2.45) is 5.92 Å². The topological polar surface area (TPSA) is 61.4 Å². The molecule has 0 fully saturated rings. The molecule has 0 heterocycles. The molecule has 1 atom stereocenters. The minimum absolute atomic E-state index is 0.0900. The Hall–Kier alpha value is -0.610. The Balaban J connectivity index is 3.90. The fourth-order valence-corrected chi connectivity index (χ4v) is 1.17. The molecular formula is C11H24N2O2. The summed E-state index contributed by atoms with van der Waals surface area (Å²) < 4.78 is 0. The molecule has 0 saturated carbocycles. The number of carbonyl (C=O) groups is 1. The molecule has 15 heavy (non-hydrogen) atoms. The molecule has 4 nitrogen and oxygen atoms in total. The van der Waals surface area contributed by atoms with Crippen molar-refractivity contribution < 1.29 is 9.90 Å². The van der Waals surface area contributed by atoms with Crippen LogP contribution in [0.4, 0.5) is 0 Å². The average Bonchev–Trinajstić information content (AvgIpc) is 2.13. The third kappa shape index (κ3) is 5.74. The fourth-order valence-electron chi connectivity index (χ4n) is 1.17. The van der Waals surface area contributed by atoms with Crippen LogP contribution in [-0.4, -0.2) is 36.2 Å². The van der Waals surface area contributed by atoms with Crippen molar-refractivity contribution in [2.45, 2.75) is 45.8 Å². The Labute approximate surface area is 92.4 Å². The first-order chi connectivity index (χ1) is 6.79. The van der Waals surface area contributed by atoms with Crippen LogP contribution in [0.2, 0.25) is 0 Å². The summed E-state index contributed by atoms with van der Waals surface area (Å²) in [6.45, 7) is 8.02. The first kappa shape index (κ1) is 14.4. The molecule has 0 rings (SSSR count). The zero-order chi connectivity index (χ0) is 12.1. The maximum absolute atomic E-state index is 11.6. The second kappa shape index (κ2) is 6.08. The zero-order valence-corrected chi connectivity index (χ0v) is 10.4. The summed E-state index contributed by atoms with van der Waals surface area (Å²) >= 11 is 0.